The summed E-state index contributed by atoms with van der Waals surface area (Å²) in [7, 11) is 0. The zero-order valence-corrected chi connectivity index (χ0v) is 18.2. The Bertz CT molecular complexity index is 1090. The Kier molecular flexibility index (Phi) is 7.65. The molecule has 2 N–H and O–H groups in total. The third-order valence-corrected chi connectivity index (χ3v) is 4.92. The number of amides is 1. The van der Waals surface area contributed by atoms with E-state index in [1.165, 1.54) is 0 Å². The lowest BCUT2D eigenvalue weighted by Crippen LogP contribution is -2.26. The number of benzene rings is 2. The Balaban J connectivity index is 1.56. The number of hydrogen-bond acceptors (Lipinski definition) is 5. The van der Waals surface area contributed by atoms with Gasteiger partial charge in [-0.1, -0.05) is 18.2 Å². The van der Waals surface area contributed by atoms with Crippen molar-refractivity contribution >= 4 is 16.8 Å². The fraction of sp³-hybridized carbons (Fsp3) is 0.375. The molecule has 0 spiro atoms. The van der Waals surface area contributed by atoms with Gasteiger partial charge in [0, 0.05) is 12.8 Å². The Hall–Kier alpha value is -3.35. The molecule has 0 radical (unpaired) electrons. The summed E-state index contributed by atoms with van der Waals surface area (Å²) >= 11 is 0. The van der Waals surface area contributed by atoms with Gasteiger partial charge in [0.1, 0.15) is 5.82 Å². The van der Waals surface area contributed by atoms with Gasteiger partial charge in [0.05, 0.1) is 30.2 Å². The van der Waals surface area contributed by atoms with Crippen molar-refractivity contribution in [1.29, 1.82) is 0 Å². The van der Waals surface area contributed by atoms with Gasteiger partial charge in [-0.05, 0) is 57.0 Å². The maximum Gasteiger partial charge on any atom is 0.258 e. The van der Waals surface area contributed by atoms with Gasteiger partial charge in [0.25, 0.3) is 5.56 Å². The smallest absolute Gasteiger partial charge is 0.258 e. The molecule has 31 heavy (non-hydrogen) atoms. The number of H-pyrrole nitrogens is 1. The molecule has 2 aromatic carbocycles. The topological polar surface area (TPSA) is 93.3 Å². The molecule has 0 aliphatic rings. The van der Waals surface area contributed by atoms with Crippen LogP contribution in [-0.2, 0) is 11.2 Å². The normalized spacial score (nSPS) is 11.8. The van der Waals surface area contributed by atoms with Crippen molar-refractivity contribution in [3.8, 4) is 11.5 Å². The first-order valence-corrected chi connectivity index (χ1v) is 10.7. The number of hydrogen-bond donors (Lipinski definition) is 2. The largest absolute Gasteiger partial charge is 0.490 e. The van der Waals surface area contributed by atoms with E-state index in [2.05, 4.69) is 15.3 Å². The molecule has 0 saturated carbocycles. The molecule has 0 fully saturated rings. The molecule has 0 saturated heterocycles. The number of aromatic nitrogens is 2. The van der Waals surface area contributed by atoms with Crippen LogP contribution in [0.5, 0.6) is 11.5 Å². The van der Waals surface area contributed by atoms with Gasteiger partial charge in [-0.3, -0.25) is 9.59 Å². The molecule has 1 aromatic heterocycles. The van der Waals surface area contributed by atoms with Crippen LogP contribution in [0, 0.1) is 0 Å². The average Bonchev–Trinajstić information content (AvgIpc) is 2.75. The number of carbonyl (C=O) groups excluding carboxylic acids is 1. The van der Waals surface area contributed by atoms with Gasteiger partial charge in [-0.15, -0.1) is 0 Å². The van der Waals surface area contributed by atoms with Crippen LogP contribution < -0.4 is 20.3 Å². The molecule has 0 aliphatic heterocycles. The van der Waals surface area contributed by atoms with Crippen molar-refractivity contribution in [2.75, 3.05) is 13.2 Å². The van der Waals surface area contributed by atoms with Crippen molar-refractivity contribution in [3.05, 3.63) is 64.2 Å². The molecule has 3 aromatic rings. The predicted molar refractivity (Wildman–Crippen MR) is 121 cm³/mol. The van der Waals surface area contributed by atoms with Gasteiger partial charge in [-0.25, -0.2) is 4.98 Å². The minimum Gasteiger partial charge on any atom is -0.490 e. The summed E-state index contributed by atoms with van der Waals surface area (Å²) in [5.74, 6) is 1.91. The van der Waals surface area contributed by atoms with E-state index in [1.54, 1.807) is 6.07 Å². The second-order valence-electron chi connectivity index (χ2n) is 7.24. The molecule has 164 valence electrons. The molecule has 7 nitrogen and oxygen atoms in total. The zero-order chi connectivity index (χ0) is 22.2. The van der Waals surface area contributed by atoms with E-state index < -0.39 is 0 Å². The summed E-state index contributed by atoms with van der Waals surface area (Å²) in [6.45, 7) is 6.88. The van der Waals surface area contributed by atoms with Gasteiger partial charge in [0.15, 0.2) is 11.5 Å². The number of ether oxygens (including phenoxy) is 2. The maximum atomic E-state index is 12.4. The minimum atomic E-state index is -0.166. The maximum absolute atomic E-state index is 12.4. The predicted octanol–water partition coefficient (Wildman–Crippen LogP) is 3.92. The van der Waals surface area contributed by atoms with Crippen LogP contribution in [0.15, 0.2) is 47.3 Å². The van der Waals surface area contributed by atoms with E-state index in [0.717, 1.165) is 5.56 Å². The van der Waals surface area contributed by atoms with Gasteiger partial charge in [0.2, 0.25) is 5.91 Å². The van der Waals surface area contributed by atoms with E-state index in [9.17, 15) is 9.59 Å². The molecular weight excluding hydrogens is 394 g/mol. The van der Waals surface area contributed by atoms with E-state index in [4.69, 9.17) is 9.47 Å². The van der Waals surface area contributed by atoms with Crippen molar-refractivity contribution in [2.24, 2.45) is 0 Å². The molecular formula is C24H29N3O4. The van der Waals surface area contributed by atoms with Crippen molar-refractivity contribution < 1.29 is 14.3 Å². The summed E-state index contributed by atoms with van der Waals surface area (Å²) in [5.41, 5.74) is 1.46. The second-order valence-corrected chi connectivity index (χ2v) is 7.24. The number of carbonyl (C=O) groups is 1. The highest BCUT2D eigenvalue weighted by Gasteiger charge is 2.13. The van der Waals surface area contributed by atoms with E-state index in [1.807, 2.05) is 57.2 Å². The molecule has 1 unspecified atom stereocenters. The van der Waals surface area contributed by atoms with Crippen LogP contribution in [0.1, 0.15) is 51.0 Å². The minimum absolute atomic E-state index is 0.0533. The number of nitrogens with zero attached hydrogens (tertiary/aromatic N) is 1. The van der Waals surface area contributed by atoms with Crippen molar-refractivity contribution in [3.63, 3.8) is 0 Å². The Labute approximate surface area is 181 Å². The third-order valence-electron chi connectivity index (χ3n) is 4.92. The lowest BCUT2D eigenvalue weighted by atomic mass is 10.1. The number of para-hydroxylation sites is 1. The summed E-state index contributed by atoms with van der Waals surface area (Å²) in [4.78, 5) is 31.8. The Morgan fingerprint density at radius 1 is 1.10 bits per heavy atom. The number of aryl methyl sites for hydroxylation is 1. The van der Waals surface area contributed by atoms with Crippen molar-refractivity contribution in [2.45, 2.75) is 46.1 Å². The second kappa shape index (κ2) is 10.6. The molecule has 0 bridgehead atoms. The first-order chi connectivity index (χ1) is 15.0. The highest BCUT2D eigenvalue weighted by molar-refractivity contribution is 5.77. The molecule has 0 aliphatic carbocycles. The lowest BCUT2D eigenvalue weighted by molar-refractivity contribution is -0.121. The first kappa shape index (κ1) is 22.3. The van der Waals surface area contributed by atoms with Crippen LogP contribution in [0.25, 0.3) is 10.9 Å². The quantitative estimate of drug-likeness (QED) is 0.516. The van der Waals surface area contributed by atoms with Crippen LogP contribution >= 0.6 is 0 Å². The first-order valence-electron chi connectivity index (χ1n) is 10.7. The monoisotopic (exact) mass is 423 g/mol. The number of rotatable bonds is 10. The lowest BCUT2D eigenvalue weighted by Gasteiger charge is -2.17. The number of nitrogens with one attached hydrogen (secondary N) is 2. The number of fused-ring (bicyclic) bond motifs is 1. The van der Waals surface area contributed by atoms with E-state index in [0.29, 0.717) is 60.7 Å². The van der Waals surface area contributed by atoms with Crippen molar-refractivity contribution in [1.82, 2.24) is 15.3 Å². The van der Waals surface area contributed by atoms with Gasteiger partial charge in [-0.2, -0.15) is 0 Å². The van der Waals surface area contributed by atoms with E-state index in [-0.39, 0.29) is 17.5 Å². The molecule has 3 rings (SSSR count). The average molecular weight is 424 g/mol. The zero-order valence-electron chi connectivity index (χ0n) is 18.2. The highest BCUT2D eigenvalue weighted by Crippen LogP contribution is 2.30. The summed E-state index contributed by atoms with van der Waals surface area (Å²) in [5, 5.41) is 3.59. The summed E-state index contributed by atoms with van der Waals surface area (Å²) < 4.78 is 11.3. The molecule has 7 heteroatoms. The van der Waals surface area contributed by atoms with Gasteiger partial charge < -0.3 is 19.8 Å². The molecule has 1 amide bonds. The Morgan fingerprint density at radius 3 is 2.61 bits per heavy atom. The summed E-state index contributed by atoms with van der Waals surface area (Å²) in [6, 6.07) is 12.8. The molecule has 1 heterocycles. The van der Waals surface area contributed by atoms with Crippen LogP contribution in [0.3, 0.4) is 0 Å². The fourth-order valence-electron chi connectivity index (χ4n) is 3.40. The van der Waals surface area contributed by atoms with Gasteiger partial charge >= 0.3 is 0 Å². The van der Waals surface area contributed by atoms with E-state index >= 15 is 0 Å². The molecule has 1 atom stereocenters. The summed E-state index contributed by atoms with van der Waals surface area (Å²) in [6.07, 6.45) is 1.46. The SMILES string of the molecule is CCOc1ccc(C(C)NC(=O)CCCc2nc3ccccc3c(=O)[nH]2)cc1OCC. The number of aromatic amines is 1. The van der Waals surface area contributed by atoms with Crippen LogP contribution in [0.2, 0.25) is 0 Å². The standard InChI is InChI=1S/C24H29N3O4/c1-4-30-20-14-13-17(15-21(20)31-5-2)16(3)25-23(28)12-8-11-22-26-19-10-7-6-9-18(19)24(29)27-22/h6-7,9-10,13-16H,4-5,8,11-12H2,1-3H3,(H,25,28)(H,26,27,29). The van der Waals surface area contributed by atoms with Crippen LogP contribution in [0.4, 0.5) is 0 Å². The fourth-order valence-corrected chi connectivity index (χ4v) is 3.40. The third kappa shape index (κ3) is 5.84. The van der Waals surface area contributed by atoms with Crippen LogP contribution in [-0.4, -0.2) is 29.1 Å². The highest BCUT2D eigenvalue weighted by atomic mass is 16.5. The Morgan fingerprint density at radius 2 is 1.84 bits per heavy atom.